The van der Waals surface area contributed by atoms with Crippen molar-refractivity contribution in [3.8, 4) is 0 Å². The maximum absolute atomic E-state index is 12.8. The lowest BCUT2D eigenvalue weighted by Crippen LogP contribution is -2.42. The van der Waals surface area contributed by atoms with E-state index in [0.29, 0.717) is 32.5 Å². The Kier molecular flexibility index (Phi) is 6.66. The van der Waals surface area contributed by atoms with E-state index in [1.165, 1.54) is 11.3 Å². The fourth-order valence-electron chi connectivity index (χ4n) is 3.31. The van der Waals surface area contributed by atoms with Gasteiger partial charge in [0.05, 0.1) is 23.5 Å². The first-order chi connectivity index (χ1) is 13.1. The van der Waals surface area contributed by atoms with Gasteiger partial charge in [-0.15, -0.1) is 11.3 Å². The minimum absolute atomic E-state index is 0.0364. The molecule has 2 aromatic heterocycles. The van der Waals surface area contributed by atoms with E-state index in [2.05, 4.69) is 17.2 Å². The molecule has 0 atom stereocenters. The first-order valence-corrected chi connectivity index (χ1v) is 10.5. The lowest BCUT2D eigenvalue weighted by molar-refractivity contribution is -0.126. The Balaban J connectivity index is 1.50. The maximum Gasteiger partial charge on any atom is 0.265 e. The lowest BCUT2D eigenvalue weighted by atomic mass is 9.95. The van der Waals surface area contributed by atoms with Gasteiger partial charge in [-0.25, -0.2) is 4.98 Å². The number of carbonyl (C=O) groups is 2. The van der Waals surface area contributed by atoms with Crippen LogP contribution in [0.1, 0.15) is 58.7 Å². The van der Waals surface area contributed by atoms with Crippen LogP contribution < -0.4 is 5.32 Å². The quantitative estimate of drug-likeness (QED) is 0.786. The fraction of sp³-hybridized carbons (Fsp3) is 0.550. The third-order valence-electron chi connectivity index (χ3n) is 4.95. The summed E-state index contributed by atoms with van der Waals surface area (Å²) in [6.07, 6.45) is 6.14. The summed E-state index contributed by atoms with van der Waals surface area (Å²) in [4.78, 5) is 32.3. The van der Waals surface area contributed by atoms with E-state index in [-0.39, 0.29) is 17.7 Å². The zero-order chi connectivity index (χ0) is 19.2. The molecule has 6 nitrogen and oxygen atoms in total. The molecule has 1 aliphatic heterocycles. The largest absolute Gasteiger partial charge is 0.467 e. The number of nitrogens with zero attached hydrogens (tertiary/aromatic N) is 2. The molecule has 3 heterocycles. The molecule has 0 bridgehead atoms. The third kappa shape index (κ3) is 4.97. The van der Waals surface area contributed by atoms with Gasteiger partial charge in [0.2, 0.25) is 5.91 Å². The lowest BCUT2D eigenvalue weighted by Gasteiger charge is -2.31. The Hall–Kier alpha value is -2.15. The van der Waals surface area contributed by atoms with Gasteiger partial charge in [0.15, 0.2) is 0 Å². The first-order valence-electron chi connectivity index (χ1n) is 9.64. The van der Waals surface area contributed by atoms with Gasteiger partial charge in [-0.1, -0.05) is 13.3 Å². The van der Waals surface area contributed by atoms with Crippen LogP contribution >= 0.6 is 11.3 Å². The van der Waals surface area contributed by atoms with Crippen molar-refractivity contribution in [2.24, 2.45) is 5.92 Å². The number of hydrogen-bond acceptors (Lipinski definition) is 5. The normalized spacial score (nSPS) is 15.1. The van der Waals surface area contributed by atoms with E-state index in [4.69, 9.17) is 4.42 Å². The number of hydrogen-bond donors (Lipinski definition) is 1. The number of aryl methyl sites for hydroxylation is 2. The van der Waals surface area contributed by atoms with Crippen LogP contribution in [0.4, 0.5) is 0 Å². The number of amides is 2. The van der Waals surface area contributed by atoms with E-state index in [0.717, 1.165) is 40.6 Å². The van der Waals surface area contributed by atoms with Crippen molar-refractivity contribution in [2.75, 3.05) is 13.1 Å². The predicted molar refractivity (Wildman–Crippen MR) is 105 cm³/mol. The van der Waals surface area contributed by atoms with Crippen molar-refractivity contribution < 1.29 is 14.0 Å². The van der Waals surface area contributed by atoms with Crippen LogP contribution in [0.2, 0.25) is 0 Å². The Morgan fingerprint density at radius 1 is 1.37 bits per heavy atom. The molecule has 1 N–H and O–H groups in total. The molecule has 2 aromatic rings. The molecule has 1 saturated heterocycles. The van der Waals surface area contributed by atoms with Gasteiger partial charge in [0.1, 0.15) is 10.6 Å². The average molecular weight is 390 g/mol. The molecular weight excluding hydrogens is 362 g/mol. The van der Waals surface area contributed by atoms with Gasteiger partial charge < -0.3 is 14.6 Å². The van der Waals surface area contributed by atoms with Crippen LogP contribution in [0.5, 0.6) is 0 Å². The van der Waals surface area contributed by atoms with E-state index in [1.807, 2.05) is 17.9 Å². The number of piperidine rings is 1. The molecule has 0 radical (unpaired) electrons. The van der Waals surface area contributed by atoms with Crippen LogP contribution in [0.15, 0.2) is 22.8 Å². The summed E-state index contributed by atoms with van der Waals surface area (Å²) in [5.74, 6) is 0.790. The number of likely N-dealkylation sites (tertiary alicyclic amines) is 1. The van der Waals surface area contributed by atoms with Gasteiger partial charge in [-0.2, -0.15) is 0 Å². The van der Waals surface area contributed by atoms with Crippen LogP contribution in [0, 0.1) is 12.8 Å². The summed E-state index contributed by atoms with van der Waals surface area (Å²) in [5.41, 5.74) is 0.828. The van der Waals surface area contributed by atoms with Gasteiger partial charge in [-0.3, -0.25) is 9.59 Å². The molecule has 0 aliphatic carbocycles. The second-order valence-electron chi connectivity index (χ2n) is 6.99. The zero-order valence-corrected chi connectivity index (χ0v) is 16.8. The Labute approximate surface area is 164 Å². The average Bonchev–Trinajstić information content (AvgIpc) is 3.33. The topological polar surface area (TPSA) is 75.4 Å². The minimum Gasteiger partial charge on any atom is -0.467 e. The Morgan fingerprint density at radius 2 is 2.15 bits per heavy atom. The van der Waals surface area contributed by atoms with E-state index in [9.17, 15) is 9.59 Å². The Bertz CT molecular complexity index is 762. The summed E-state index contributed by atoms with van der Waals surface area (Å²) in [5, 5.41) is 3.96. The maximum atomic E-state index is 12.8. The van der Waals surface area contributed by atoms with Crippen molar-refractivity contribution in [2.45, 2.75) is 52.5 Å². The molecule has 1 aliphatic rings. The highest BCUT2D eigenvalue weighted by atomic mass is 32.1. The summed E-state index contributed by atoms with van der Waals surface area (Å²) in [7, 11) is 0. The van der Waals surface area contributed by atoms with Gasteiger partial charge in [-0.05, 0) is 44.7 Å². The molecule has 0 aromatic carbocycles. The van der Waals surface area contributed by atoms with Crippen molar-refractivity contribution in [3.05, 3.63) is 39.7 Å². The highest BCUT2D eigenvalue weighted by Crippen LogP contribution is 2.25. The monoisotopic (exact) mass is 389 g/mol. The predicted octanol–water partition coefficient (Wildman–Crippen LogP) is 3.56. The SMILES string of the molecule is CCCCc1nc(C)c(C(=O)N2CCC(C(=O)NCc3ccco3)CC2)s1. The van der Waals surface area contributed by atoms with E-state index < -0.39 is 0 Å². The number of furan rings is 1. The van der Waals surface area contributed by atoms with Gasteiger partial charge in [0.25, 0.3) is 5.91 Å². The van der Waals surface area contributed by atoms with Gasteiger partial charge in [0, 0.05) is 19.0 Å². The van der Waals surface area contributed by atoms with Crippen molar-refractivity contribution in [3.63, 3.8) is 0 Å². The summed E-state index contributed by atoms with van der Waals surface area (Å²) in [6, 6.07) is 3.65. The molecule has 146 valence electrons. The second-order valence-corrected chi connectivity index (χ2v) is 8.07. The zero-order valence-electron chi connectivity index (χ0n) is 16.0. The second kappa shape index (κ2) is 9.17. The number of carbonyl (C=O) groups excluding carboxylic acids is 2. The van der Waals surface area contributed by atoms with E-state index in [1.54, 1.807) is 12.3 Å². The van der Waals surface area contributed by atoms with E-state index >= 15 is 0 Å². The molecule has 0 saturated carbocycles. The van der Waals surface area contributed by atoms with Gasteiger partial charge >= 0.3 is 0 Å². The molecule has 0 unspecified atom stereocenters. The minimum atomic E-state index is -0.0494. The molecule has 1 fully saturated rings. The van der Waals surface area contributed by atoms with Crippen LogP contribution in [0.25, 0.3) is 0 Å². The summed E-state index contributed by atoms with van der Waals surface area (Å²) >= 11 is 1.52. The van der Waals surface area contributed by atoms with Crippen molar-refractivity contribution in [1.82, 2.24) is 15.2 Å². The third-order valence-corrected chi connectivity index (χ3v) is 6.15. The number of rotatable bonds is 7. The number of nitrogens with one attached hydrogen (secondary N) is 1. The first kappa shape index (κ1) is 19.6. The number of unbranched alkanes of at least 4 members (excludes halogenated alkanes) is 1. The van der Waals surface area contributed by atoms with Crippen molar-refractivity contribution in [1.29, 1.82) is 0 Å². The fourth-order valence-corrected chi connectivity index (χ4v) is 4.38. The summed E-state index contributed by atoms with van der Waals surface area (Å²) in [6.45, 7) is 5.69. The smallest absolute Gasteiger partial charge is 0.265 e. The molecule has 3 rings (SSSR count). The molecule has 0 spiro atoms. The van der Waals surface area contributed by atoms with Crippen LogP contribution in [-0.2, 0) is 17.8 Å². The highest BCUT2D eigenvalue weighted by Gasteiger charge is 2.29. The molecule has 2 amide bonds. The summed E-state index contributed by atoms with van der Waals surface area (Å²) < 4.78 is 5.23. The number of aromatic nitrogens is 1. The highest BCUT2D eigenvalue weighted by molar-refractivity contribution is 7.13. The Morgan fingerprint density at radius 3 is 2.81 bits per heavy atom. The molecule has 7 heteroatoms. The van der Waals surface area contributed by atoms with Crippen LogP contribution in [0.3, 0.4) is 0 Å². The van der Waals surface area contributed by atoms with Crippen molar-refractivity contribution >= 4 is 23.2 Å². The molecule has 27 heavy (non-hydrogen) atoms. The molecular formula is C20H27N3O3S. The number of thiazole rings is 1. The van der Waals surface area contributed by atoms with Crippen LogP contribution in [-0.4, -0.2) is 34.8 Å². The standard InChI is InChI=1S/C20H27N3O3S/c1-3-4-7-17-22-14(2)18(27-17)20(25)23-10-8-15(9-11-23)19(24)21-13-16-6-5-12-26-16/h5-6,12,15H,3-4,7-11,13H2,1-2H3,(H,21,24).